The summed E-state index contributed by atoms with van der Waals surface area (Å²) in [7, 11) is 2.06. The minimum absolute atomic E-state index is 0.184. The van der Waals surface area contributed by atoms with Gasteiger partial charge >= 0.3 is 0 Å². The van der Waals surface area contributed by atoms with E-state index < -0.39 is 0 Å². The van der Waals surface area contributed by atoms with Crippen molar-refractivity contribution >= 4 is 0 Å². The van der Waals surface area contributed by atoms with Crippen molar-refractivity contribution in [1.82, 2.24) is 14.7 Å². The standard InChI is InChI=1S/C17H32N4/c1-5-15-10-16(20(4)19-15)12-21(6-2)17(13-18)9-7-8-14(3)11-17/h10,14H,5-9,11-13,18H2,1-4H3. The van der Waals surface area contributed by atoms with Gasteiger partial charge in [-0.25, -0.2) is 0 Å². The predicted molar refractivity (Wildman–Crippen MR) is 88.1 cm³/mol. The van der Waals surface area contributed by atoms with Gasteiger partial charge < -0.3 is 5.73 Å². The summed E-state index contributed by atoms with van der Waals surface area (Å²) < 4.78 is 2.04. The van der Waals surface area contributed by atoms with E-state index in [-0.39, 0.29) is 5.54 Å². The fourth-order valence-corrected chi connectivity index (χ4v) is 3.94. The van der Waals surface area contributed by atoms with E-state index in [4.69, 9.17) is 5.73 Å². The molecule has 1 aromatic rings. The molecule has 1 fully saturated rings. The van der Waals surface area contributed by atoms with Crippen LogP contribution in [0.15, 0.2) is 6.07 Å². The average Bonchev–Trinajstić information content (AvgIpc) is 2.84. The van der Waals surface area contributed by atoms with Crippen molar-refractivity contribution < 1.29 is 0 Å². The minimum Gasteiger partial charge on any atom is -0.329 e. The van der Waals surface area contributed by atoms with Crippen LogP contribution >= 0.6 is 0 Å². The van der Waals surface area contributed by atoms with Crippen molar-refractivity contribution in [3.63, 3.8) is 0 Å². The molecule has 2 atom stereocenters. The monoisotopic (exact) mass is 292 g/mol. The molecule has 1 aliphatic carbocycles. The van der Waals surface area contributed by atoms with E-state index >= 15 is 0 Å². The zero-order valence-corrected chi connectivity index (χ0v) is 14.2. The summed E-state index contributed by atoms with van der Waals surface area (Å²) in [6.45, 7) is 9.57. The number of hydrogen-bond acceptors (Lipinski definition) is 3. The summed E-state index contributed by atoms with van der Waals surface area (Å²) in [4.78, 5) is 2.60. The SMILES string of the molecule is CCc1cc(CN(CC)C2(CN)CCCC(C)C2)n(C)n1. The summed E-state index contributed by atoms with van der Waals surface area (Å²) in [5.74, 6) is 0.786. The number of aryl methyl sites for hydroxylation is 2. The fraction of sp³-hybridized carbons (Fsp3) is 0.824. The molecule has 2 rings (SSSR count). The molecule has 1 aliphatic rings. The molecule has 0 aliphatic heterocycles. The van der Waals surface area contributed by atoms with Gasteiger partial charge in [-0.2, -0.15) is 5.10 Å². The molecular weight excluding hydrogens is 260 g/mol. The Morgan fingerprint density at radius 2 is 2.24 bits per heavy atom. The van der Waals surface area contributed by atoms with E-state index in [0.29, 0.717) is 0 Å². The maximum Gasteiger partial charge on any atom is 0.0625 e. The molecule has 1 aromatic heterocycles. The normalized spacial score (nSPS) is 26.5. The first-order valence-corrected chi connectivity index (χ1v) is 8.51. The maximum absolute atomic E-state index is 6.24. The summed E-state index contributed by atoms with van der Waals surface area (Å²) in [5, 5.41) is 4.58. The van der Waals surface area contributed by atoms with Crippen molar-refractivity contribution in [3.05, 3.63) is 17.5 Å². The van der Waals surface area contributed by atoms with Crippen LogP contribution in [0.4, 0.5) is 0 Å². The molecule has 0 radical (unpaired) electrons. The quantitative estimate of drug-likeness (QED) is 0.877. The number of nitrogens with two attached hydrogens (primary N) is 1. The number of likely N-dealkylation sites (N-methyl/N-ethyl adjacent to an activating group) is 1. The Hall–Kier alpha value is -0.870. The van der Waals surface area contributed by atoms with Crippen LogP contribution in [0.5, 0.6) is 0 Å². The molecule has 21 heavy (non-hydrogen) atoms. The molecule has 0 spiro atoms. The number of hydrogen-bond donors (Lipinski definition) is 1. The molecule has 2 N–H and O–H groups in total. The Morgan fingerprint density at radius 3 is 2.76 bits per heavy atom. The topological polar surface area (TPSA) is 47.1 Å². The highest BCUT2D eigenvalue weighted by atomic mass is 15.3. The first-order valence-electron chi connectivity index (χ1n) is 8.51. The van der Waals surface area contributed by atoms with Crippen molar-refractivity contribution in [1.29, 1.82) is 0 Å². The Morgan fingerprint density at radius 1 is 1.48 bits per heavy atom. The molecule has 1 heterocycles. The van der Waals surface area contributed by atoms with E-state index in [1.807, 2.05) is 4.68 Å². The zero-order valence-electron chi connectivity index (χ0n) is 14.2. The van der Waals surface area contributed by atoms with Crippen LogP contribution in [-0.2, 0) is 20.0 Å². The summed E-state index contributed by atoms with van der Waals surface area (Å²) >= 11 is 0. The van der Waals surface area contributed by atoms with Gasteiger partial charge in [0, 0.05) is 25.7 Å². The van der Waals surface area contributed by atoms with E-state index in [1.165, 1.54) is 37.1 Å². The Kier molecular flexibility index (Phi) is 5.44. The van der Waals surface area contributed by atoms with Crippen LogP contribution in [0, 0.1) is 5.92 Å². The zero-order chi connectivity index (χ0) is 15.5. The molecule has 2 unspecified atom stereocenters. The highest BCUT2D eigenvalue weighted by Crippen LogP contribution is 2.37. The Balaban J connectivity index is 2.19. The molecule has 0 amide bonds. The lowest BCUT2D eigenvalue weighted by Crippen LogP contribution is -2.55. The molecule has 1 saturated carbocycles. The van der Waals surface area contributed by atoms with Crippen LogP contribution in [0.1, 0.15) is 57.8 Å². The summed E-state index contributed by atoms with van der Waals surface area (Å²) in [6.07, 6.45) is 6.13. The van der Waals surface area contributed by atoms with E-state index in [1.54, 1.807) is 0 Å². The smallest absolute Gasteiger partial charge is 0.0625 e. The average molecular weight is 292 g/mol. The molecule has 4 nitrogen and oxygen atoms in total. The van der Waals surface area contributed by atoms with Crippen molar-refractivity contribution in [2.75, 3.05) is 13.1 Å². The van der Waals surface area contributed by atoms with Gasteiger partial charge in [-0.1, -0.05) is 33.6 Å². The highest BCUT2D eigenvalue weighted by Gasteiger charge is 2.38. The molecule has 0 bridgehead atoms. The van der Waals surface area contributed by atoms with Gasteiger partial charge in [0.05, 0.1) is 11.4 Å². The summed E-state index contributed by atoms with van der Waals surface area (Å²) in [6, 6.07) is 2.25. The minimum atomic E-state index is 0.184. The lowest BCUT2D eigenvalue weighted by molar-refractivity contribution is 0.0349. The van der Waals surface area contributed by atoms with Gasteiger partial charge in [-0.05, 0) is 37.8 Å². The van der Waals surface area contributed by atoms with Crippen molar-refractivity contribution in [2.24, 2.45) is 18.7 Å². The molecule has 0 aromatic carbocycles. The van der Waals surface area contributed by atoms with Gasteiger partial charge in [0.2, 0.25) is 0 Å². The maximum atomic E-state index is 6.24. The Labute approximate surface area is 129 Å². The fourth-order valence-electron chi connectivity index (χ4n) is 3.94. The van der Waals surface area contributed by atoms with Crippen LogP contribution in [0.25, 0.3) is 0 Å². The highest BCUT2D eigenvalue weighted by molar-refractivity contribution is 5.11. The van der Waals surface area contributed by atoms with Crippen LogP contribution in [0.3, 0.4) is 0 Å². The van der Waals surface area contributed by atoms with Gasteiger partial charge in [-0.15, -0.1) is 0 Å². The second-order valence-corrected chi connectivity index (χ2v) is 6.75. The third kappa shape index (κ3) is 3.49. The first-order chi connectivity index (χ1) is 10.0. The van der Waals surface area contributed by atoms with Crippen molar-refractivity contribution in [3.8, 4) is 0 Å². The molecule has 120 valence electrons. The second-order valence-electron chi connectivity index (χ2n) is 6.75. The lowest BCUT2D eigenvalue weighted by atomic mass is 9.75. The predicted octanol–water partition coefficient (Wildman–Crippen LogP) is 2.71. The van der Waals surface area contributed by atoms with Crippen LogP contribution in [0.2, 0.25) is 0 Å². The molecule has 0 saturated heterocycles. The van der Waals surface area contributed by atoms with Crippen LogP contribution in [-0.4, -0.2) is 33.3 Å². The summed E-state index contributed by atoms with van der Waals surface area (Å²) in [5.41, 5.74) is 8.91. The van der Waals surface area contributed by atoms with Gasteiger partial charge in [0.15, 0.2) is 0 Å². The third-order valence-corrected chi connectivity index (χ3v) is 5.24. The first kappa shape index (κ1) is 16.5. The second kappa shape index (κ2) is 6.93. The largest absolute Gasteiger partial charge is 0.329 e. The third-order valence-electron chi connectivity index (χ3n) is 5.24. The van der Waals surface area contributed by atoms with Gasteiger partial charge in [0.1, 0.15) is 0 Å². The van der Waals surface area contributed by atoms with Crippen LogP contribution < -0.4 is 5.73 Å². The van der Waals surface area contributed by atoms with E-state index in [0.717, 1.165) is 32.0 Å². The number of rotatable bonds is 6. The molecule has 4 heteroatoms. The van der Waals surface area contributed by atoms with E-state index in [9.17, 15) is 0 Å². The lowest BCUT2D eigenvalue weighted by Gasteiger charge is -2.47. The van der Waals surface area contributed by atoms with Crippen molar-refractivity contribution in [2.45, 2.75) is 65.0 Å². The molecular formula is C17H32N4. The van der Waals surface area contributed by atoms with E-state index in [2.05, 4.69) is 43.9 Å². The number of aromatic nitrogens is 2. The number of nitrogens with zero attached hydrogens (tertiary/aromatic N) is 3. The van der Waals surface area contributed by atoms with Gasteiger partial charge in [0.25, 0.3) is 0 Å². The Bertz CT molecular complexity index is 454. The van der Waals surface area contributed by atoms with Gasteiger partial charge in [-0.3, -0.25) is 9.58 Å².